The second-order valence-corrected chi connectivity index (χ2v) is 14.9. The molecule has 1 saturated heterocycles. The van der Waals surface area contributed by atoms with Crippen molar-refractivity contribution in [1.82, 2.24) is 20.4 Å². The van der Waals surface area contributed by atoms with Crippen molar-refractivity contribution in [3.05, 3.63) is 110 Å². The van der Waals surface area contributed by atoms with Crippen LogP contribution in [0.3, 0.4) is 0 Å². The van der Waals surface area contributed by atoms with Crippen molar-refractivity contribution >= 4 is 31.0 Å². The van der Waals surface area contributed by atoms with E-state index in [-0.39, 0.29) is 31.5 Å². The second kappa shape index (κ2) is 24.2. The number of rotatable bonds is 24. The number of fused-ring (bicyclic) bond motifs is 1. The Balaban J connectivity index is 1.15. The van der Waals surface area contributed by atoms with Gasteiger partial charge in [-0.25, -0.2) is 19.6 Å². The quantitative estimate of drug-likeness (QED) is 0.0385. The van der Waals surface area contributed by atoms with Gasteiger partial charge in [0.05, 0.1) is 12.8 Å². The first-order valence-corrected chi connectivity index (χ1v) is 20.8. The van der Waals surface area contributed by atoms with Gasteiger partial charge in [-0.15, -0.1) is 0 Å². The van der Waals surface area contributed by atoms with Crippen LogP contribution in [0.5, 0.6) is 5.75 Å². The van der Waals surface area contributed by atoms with Gasteiger partial charge in [0.25, 0.3) is 0 Å². The number of aromatic nitrogens is 2. The van der Waals surface area contributed by atoms with Crippen LogP contribution in [0, 0.1) is 0 Å². The average molecular weight is 792 g/mol. The molecule has 1 aromatic carbocycles. The molecule has 15 heteroatoms. The number of nitrogens with two attached hydrogens (primary N) is 1. The molecule has 4 rings (SSSR count). The summed E-state index contributed by atoms with van der Waals surface area (Å²) >= 11 is 0. The molecule has 0 saturated carbocycles. The third-order valence-electron chi connectivity index (χ3n) is 8.76. The molecule has 3 heterocycles. The van der Waals surface area contributed by atoms with Crippen LogP contribution in [-0.2, 0) is 18.6 Å². The van der Waals surface area contributed by atoms with Gasteiger partial charge in [-0.05, 0) is 64.0 Å². The molecule has 56 heavy (non-hydrogen) atoms. The van der Waals surface area contributed by atoms with E-state index < -0.39 is 38.4 Å². The van der Waals surface area contributed by atoms with Crippen molar-refractivity contribution in [1.29, 1.82) is 0 Å². The molecule has 2 aliphatic heterocycles. The lowest BCUT2D eigenvalue weighted by atomic mass is 10.1. The number of anilines is 3. The molecule has 2 aromatic rings. The molecule has 1 aromatic heterocycles. The zero-order chi connectivity index (χ0) is 40.0. The molecule has 1 amide bonds. The van der Waals surface area contributed by atoms with Gasteiger partial charge in [0.1, 0.15) is 36.1 Å². The maximum Gasteiger partial charge on any atom is 0.459 e. The Morgan fingerprint density at radius 2 is 1.55 bits per heavy atom. The molecule has 14 nitrogen and oxygen atoms in total. The standard InChI is InChI=1S/C41H58N7O7P/c1-3-4-5-6-7-8-9-10-11-12-13-14-15-16-17-18-19-20-24-27-34(49)43-28-29-47-56(52,55-33-25-22-21-23-26-33)54-32(2)38-36(50)37(51)41(53-38)48-31-46-35-39(42)44-30-45-40(35)48/h4-5,7-8,10-11,13-14,16-17,19-23,25-26,30,32,36-38,41,46,50-51H,3,6,9,12,15,18,24,27-29,31H2,1-2H3,(H,43,49)(H,47,52)(H2,42,44,45). The SMILES string of the molecule is CCC=CCC=CCC=CCC=CCC=CCC=CCCC(=O)NCCNP(=O)(Oc1ccccc1)OC(C)C1OC(N2CNc3c(N)ncnc32)C(O)C1O. The summed E-state index contributed by atoms with van der Waals surface area (Å²) in [6.45, 7) is 4.15. The van der Waals surface area contributed by atoms with E-state index in [4.69, 9.17) is 19.5 Å². The maximum absolute atomic E-state index is 14.0. The Morgan fingerprint density at radius 3 is 2.18 bits per heavy atom. The lowest BCUT2D eigenvalue weighted by Gasteiger charge is -2.28. The van der Waals surface area contributed by atoms with Gasteiger partial charge in [0.2, 0.25) is 5.91 Å². The Morgan fingerprint density at radius 1 is 0.946 bits per heavy atom. The lowest BCUT2D eigenvalue weighted by Crippen LogP contribution is -2.44. The summed E-state index contributed by atoms with van der Waals surface area (Å²) < 4.78 is 31.8. The number of nitrogen functional groups attached to an aromatic ring is 1. The highest BCUT2D eigenvalue weighted by Crippen LogP contribution is 2.47. The van der Waals surface area contributed by atoms with Crippen molar-refractivity contribution in [2.75, 3.05) is 35.7 Å². The minimum Gasteiger partial charge on any atom is -0.413 e. The van der Waals surface area contributed by atoms with Gasteiger partial charge in [-0.3, -0.25) is 9.32 Å². The van der Waals surface area contributed by atoms with Crippen molar-refractivity contribution in [2.45, 2.75) is 95.9 Å². The number of carbonyl (C=O) groups is 1. The zero-order valence-corrected chi connectivity index (χ0v) is 33.3. The smallest absolute Gasteiger partial charge is 0.413 e. The molecule has 0 spiro atoms. The number of hydrogen-bond donors (Lipinski definition) is 6. The summed E-state index contributed by atoms with van der Waals surface area (Å²) in [6.07, 6.45) is 27.7. The van der Waals surface area contributed by atoms with E-state index in [1.165, 1.54) is 6.33 Å². The van der Waals surface area contributed by atoms with Crippen LogP contribution in [0.1, 0.15) is 65.2 Å². The monoisotopic (exact) mass is 791 g/mol. The minimum atomic E-state index is -4.08. The third-order valence-corrected chi connectivity index (χ3v) is 10.4. The van der Waals surface area contributed by atoms with Gasteiger partial charge in [-0.1, -0.05) is 98.0 Å². The molecule has 6 unspecified atom stereocenters. The Hall–Kier alpha value is -4.56. The number of amides is 1. The van der Waals surface area contributed by atoms with Gasteiger partial charge in [0.15, 0.2) is 17.9 Å². The number of aliphatic hydroxyl groups excluding tert-OH is 2. The average Bonchev–Trinajstić information content (AvgIpc) is 3.75. The van der Waals surface area contributed by atoms with Crippen LogP contribution in [-0.4, -0.2) is 76.5 Å². The summed E-state index contributed by atoms with van der Waals surface area (Å²) in [4.78, 5) is 22.3. The maximum atomic E-state index is 14.0. The van der Waals surface area contributed by atoms with Crippen LogP contribution in [0.4, 0.5) is 17.3 Å². The number of benzene rings is 1. The Kier molecular flexibility index (Phi) is 19.0. The predicted octanol–water partition coefficient (Wildman–Crippen LogP) is 6.47. The topological polar surface area (TPSA) is 193 Å². The van der Waals surface area contributed by atoms with E-state index in [1.54, 1.807) is 42.2 Å². The number of para-hydroxylation sites is 1. The number of aliphatic hydroxyl groups is 2. The minimum absolute atomic E-state index is 0.0686. The normalized spacial score (nSPS) is 21.5. The summed E-state index contributed by atoms with van der Waals surface area (Å²) in [5, 5.41) is 30.6. The van der Waals surface area contributed by atoms with Gasteiger partial charge in [-0.2, -0.15) is 0 Å². The summed E-state index contributed by atoms with van der Waals surface area (Å²) in [5.74, 6) is 0.803. The number of nitrogens with one attached hydrogen (secondary N) is 3. The van der Waals surface area contributed by atoms with E-state index in [0.717, 1.165) is 38.5 Å². The molecule has 1 fully saturated rings. The number of allylic oxidation sites excluding steroid dienone is 12. The summed E-state index contributed by atoms with van der Waals surface area (Å²) in [6, 6.07) is 8.50. The van der Waals surface area contributed by atoms with E-state index in [1.807, 2.05) is 12.2 Å². The van der Waals surface area contributed by atoms with Crippen molar-refractivity contribution in [3.8, 4) is 5.75 Å². The number of carbonyl (C=O) groups excluding carboxylic acids is 1. The second-order valence-electron chi connectivity index (χ2n) is 13.2. The first-order valence-electron chi connectivity index (χ1n) is 19.3. The number of nitrogens with zero attached hydrogens (tertiary/aromatic N) is 3. The fourth-order valence-electron chi connectivity index (χ4n) is 5.88. The zero-order valence-electron chi connectivity index (χ0n) is 32.4. The van der Waals surface area contributed by atoms with E-state index in [9.17, 15) is 19.6 Å². The Labute approximate surface area is 330 Å². The third kappa shape index (κ3) is 14.5. The van der Waals surface area contributed by atoms with E-state index in [2.05, 4.69) is 93.4 Å². The van der Waals surface area contributed by atoms with Crippen LogP contribution < -0.4 is 30.9 Å². The highest BCUT2D eigenvalue weighted by atomic mass is 31.2. The van der Waals surface area contributed by atoms with E-state index >= 15 is 0 Å². The molecule has 0 radical (unpaired) electrons. The van der Waals surface area contributed by atoms with Crippen LogP contribution in [0.25, 0.3) is 0 Å². The van der Waals surface area contributed by atoms with E-state index in [0.29, 0.717) is 30.1 Å². The highest BCUT2D eigenvalue weighted by Gasteiger charge is 2.51. The first-order chi connectivity index (χ1) is 27.2. The molecule has 304 valence electrons. The largest absolute Gasteiger partial charge is 0.459 e. The van der Waals surface area contributed by atoms with Crippen molar-refractivity contribution in [3.63, 3.8) is 0 Å². The van der Waals surface area contributed by atoms with Crippen LogP contribution in [0.15, 0.2) is 110 Å². The fourth-order valence-corrected chi connectivity index (χ4v) is 7.41. The van der Waals surface area contributed by atoms with Crippen LogP contribution >= 0.6 is 7.75 Å². The molecule has 0 aliphatic carbocycles. The lowest BCUT2D eigenvalue weighted by molar-refractivity contribution is -0.120. The Bertz CT molecular complexity index is 1720. The molecular weight excluding hydrogens is 733 g/mol. The van der Waals surface area contributed by atoms with Crippen molar-refractivity contribution in [2.24, 2.45) is 0 Å². The van der Waals surface area contributed by atoms with Gasteiger partial charge < -0.3 is 40.7 Å². The number of ether oxygens (including phenoxy) is 1. The molecular formula is C41H58N7O7P. The fraction of sp³-hybridized carbons (Fsp3) is 0.439. The summed E-state index contributed by atoms with van der Waals surface area (Å²) in [7, 11) is -4.08. The first kappa shape index (κ1) is 44.2. The van der Waals surface area contributed by atoms with Crippen molar-refractivity contribution < 1.29 is 33.4 Å². The molecule has 2 aliphatic rings. The molecule has 0 bridgehead atoms. The van der Waals surface area contributed by atoms with Gasteiger partial charge >= 0.3 is 7.75 Å². The van der Waals surface area contributed by atoms with Crippen LogP contribution in [0.2, 0.25) is 0 Å². The highest BCUT2D eigenvalue weighted by molar-refractivity contribution is 7.52. The summed E-state index contributed by atoms with van der Waals surface area (Å²) in [5.41, 5.74) is 6.45. The van der Waals surface area contributed by atoms with Gasteiger partial charge in [0, 0.05) is 19.5 Å². The predicted molar refractivity (Wildman–Crippen MR) is 222 cm³/mol. The molecule has 6 atom stereocenters. The number of hydrogen-bond acceptors (Lipinski definition) is 12. The molecule has 7 N–H and O–H groups in total.